The highest BCUT2D eigenvalue weighted by Gasteiger charge is 2.26. The summed E-state index contributed by atoms with van der Waals surface area (Å²) < 4.78 is 5.42. The Hall–Kier alpha value is -1.46. The molecule has 0 aliphatic carbocycles. The number of pyridine rings is 1. The Morgan fingerprint density at radius 1 is 1.58 bits per heavy atom. The predicted octanol–water partition coefficient (Wildman–Crippen LogP) is 0.464. The van der Waals surface area contributed by atoms with Gasteiger partial charge in [0, 0.05) is 36.9 Å². The minimum atomic E-state index is -0.381. The van der Waals surface area contributed by atoms with Crippen molar-refractivity contribution in [2.45, 2.75) is 25.4 Å². The number of hydrogen-bond acceptors (Lipinski definition) is 4. The third kappa shape index (κ3) is 3.75. The molecule has 5 heteroatoms. The molecule has 5 nitrogen and oxygen atoms in total. The van der Waals surface area contributed by atoms with Crippen molar-refractivity contribution in [3.05, 3.63) is 30.1 Å². The second kappa shape index (κ2) is 6.12. The van der Waals surface area contributed by atoms with Crippen LogP contribution in [0.5, 0.6) is 0 Å². The van der Waals surface area contributed by atoms with Crippen molar-refractivity contribution < 1.29 is 9.53 Å². The fourth-order valence-corrected chi connectivity index (χ4v) is 2.01. The van der Waals surface area contributed by atoms with Crippen LogP contribution >= 0.6 is 0 Å². The zero-order chi connectivity index (χ0) is 13.7. The van der Waals surface area contributed by atoms with Crippen molar-refractivity contribution in [1.29, 1.82) is 0 Å². The fourth-order valence-electron chi connectivity index (χ4n) is 2.01. The number of amides is 1. The fraction of sp³-hybridized carbons (Fsp3) is 0.571. The van der Waals surface area contributed by atoms with E-state index in [4.69, 9.17) is 4.74 Å². The Morgan fingerprint density at radius 2 is 2.42 bits per heavy atom. The van der Waals surface area contributed by atoms with E-state index in [2.05, 4.69) is 29.5 Å². The number of ether oxygens (including phenoxy) is 1. The number of nitrogens with one attached hydrogen (secondary N) is 2. The maximum Gasteiger partial charge on any atom is 0.250 e. The van der Waals surface area contributed by atoms with Crippen LogP contribution in [0.2, 0.25) is 0 Å². The summed E-state index contributed by atoms with van der Waals surface area (Å²) in [6.07, 6.45) is 1.39. The molecule has 1 saturated heterocycles. The number of rotatable bonds is 4. The van der Waals surface area contributed by atoms with E-state index in [0.717, 1.165) is 12.2 Å². The molecular weight excluding hydrogens is 242 g/mol. The minimum absolute atomic E-state index is 0.0591. The van der Waals surface area contributed by atoms with Gasteiger partial charge < -0.3 is 15.4 Å². The van der Waals surface area contributed by atoms with Crippen molar-refractivity contribution in [2.24, 2.45) is 0 Å². The lowest BCUT2D eigenvalue weighted by Gasteiger charge is -2.27. The van der Waals surface area contributed by atoms with Gasteiger partial charge in [-0.3, -0.25) is 9.78 Å². The number of morpholine rings is 1. The van der Waals surface area contributed by atoms with Gasteiger partial charge in [0.25, 0.3) is 0 Å². The number of hydrogen-bond donors (Lipinski definition) is 2. The molecule has 0 radical (unpaired) electrons. The van der Waals surface area contributed by atoms with Gasteiger partial charge in [-0.15, -0.1) is 0 Å². The van der Waals surface area contributed by atoms with Crippen LogP contribution < -0.4 is 10.6 Å². The van der Waals surface area contributed by atoms with Gasteiger partial charge in [0.05, 0.1) is 6.61 Å². The van der Waals surface area contributed by atoms with Crippen LogP contribution in [0.25, 0.3) is 0 Å². The van der Waals surface area contributed by atoms with E-state index in [1.165, 1.54) is 0 Å². The molecule has 1 aliphatic heterocycles. The normalized spacial score (nSPS) is 20.0. The molecule has 2 heterocycles. The standard InChI is InChI=1S/C14H21N3O2/c1-14(2,12-5-3-4-6-16-12)10-17-13(18)11-9-15-7-8-19-11/h3-6,11,15H,7-10H2,1-2H3,(H,17,18). The third-order valence-electron chi connectivity index (χ3n) is 3.28. The first-order valence-corrected chi connectivity index (χ1v) is 6.61. The highest BCUT2D eigenvalue weighted by molar-refractivity contribution is 5.81. The Balaban J connectivity index is 1.88. The number of aromatic nitrogens is 1. The van der Waals surface area contributed by atoms with Crippen molar-refractivity contribution >= 4 is 5.91 Å². The van der Waals surface area contributed by atoms with E-state index in [1.807, 2.05) is 18.2 Å². The summed E-state index contributed by atoms with van der Waals surface area (Å²) in [5.41, 5.74) is 0.775. The highest BCUT2D eigenvalue weighted by atomic mass is 16.5. The van der Waals surface area contributed by atoms with Crippen molar-refractivity contribution in [3.8, 4) is 0 Å². The predicted molar refractivity (Wildman–Crippen MR) is 72.9 cm³/mol. The van der Waals surface area contributed by atoms with E-state index >= 15 is 0 Å². The molecule has 1 amide bonds. The summed E-state index contributed by atoms with van der Waals surface area (Å²) in [5, 5.41) is 6.09. The Labute approximate surface area is 113 Å². The molecule has 0 spiro atoms. The number of nitrogens with zero attached hydrogens (tertiary/aromatic N) is 1. The smallest absolute Gasteiger partial charge is 0.250 e. The molecule has 1 fully saturated rings. The lowest BCUT2D eigenvalue weighted by molar-refractivity contribution is -0.134. The largest absolute Gasteiger partial charge is 0.366 e. The molecule has 19 heavy (non-hydrogen) atoms. The summed E-state index contributed by atoms with van der Waals surface area (Å²) >= 11 is 0. The lowest BCUT2D eigenvalue weighted by atomic mass is 9.88. The zero-order valence-electron chi connectivity index (χ0n) is 11.5. The summed E-state index contributed by atoms with van der Waals surface area (Å²) in [6, 6.07) is 5.82. The van der Waals surface area contributed by atoms with Gasteiger partial charge in [-0.05, 0) is 12.1 Å². The van der Waals surface area contributed by atoms with Crippen molar-refractivity contribution in [1.82, 2.24) is 15.6 Å². The average Bonchev–Trinajstić information content (AvgIpc) is 2.47. The van der Waals surface area contributed by atoms with Crippen molar-refractivity contribution in [3.63, 3.8) is 0 Å². The van der Waals surface area contributed by atoms with Crippen LogP contribution in [0.3, 0.4) is 0 Å². The van der Waals surface area contributed by atoms with Crippen LogP contribution in [0.4, 0.5) is 0 Å². The number of carbonyl (C=O) groups excluding carboxylic acids is 1. The number of carbonyl (C=O) groups is 1. The van der Waals surface area contributed by atoms with Crippen LogP contribution in [-0.2, 0) is 14.9 Å². The molecule has 104 valence electrons. The van der Waals surface area contributed by atoms with Crippen LogP contribution in [0.15, 0.2) is 24.4 Å². The summed E-state index contributed by atoms with van der Waals surface area (Å²) in [4.78, 5) is 16.3. The third-order valence-corrected chi connectivity index (χ3v) is 3.28. The Bertz CT molecular complexity index is 414. The maximum atomic E-state index is 12.0. The summed E-state index contributed by atoms with van der Waals surface area (Å²) in [5.74, 6) is -0.0591. The van der Waals surface area contributed by atoms with Gasteiger partial charge in [-0.1, -0.05) is 19.9 Å². The molecule has 1 aliphatic rings. The Morgan fingerprint density at radius 3 is 3.05 bits per heavy atom. The molecule has 1 aromatic rings. The quantitative estimate of drug-likeness (QED) is 0.828. The molecule has 2 N–H and O–H groups in total. The molecule has 0 saturated carbocycles. The van der Waals surface area contributed by atoms with Gasteiger partial charge in [0.1, 0.15) is 6.10 Å². The average molecular weight is 263 g/mol. The van der Waals surface area contributed by atoms with E-state index in [9.17, 15) is 4.79 Å². The monoisotopic (exact) mass is 263 g/mol. The Kier molecular flexibility index (Phi) is 4.50. The molecule has 2 rings (SSSR count). The molecule has 0 aromatic carbocycles. The van der Waals surface area contributed by atoms with Gasteiger partial charge in [0.15, 0.2) is 0 Å². The van der Waals surface area contributed by atoms with Gasteiger partial charge in [-0.25, -0.2) is 0 Å². The summed E-state index contributed by atoms with van der Waals surface area (Å²) in [7, 11) is 0. The molecule has 1 aromatic heterocycles. The summed E-state index contributed by atoms with van der Waals surface area (Å²) in [6.45, 7) is 6.65. The van der Waals surface area contributed by atoms with Gasteiger partial charge in [-0.2, -0.15) is 0 Å². The molecule has 1 unspecified atom stereocenters. The zero-order valence-corrected chi connectivity index (χ0v) is 11.5. The van der Waals surface area contributed by atoms with E-state index < -0.39 is 0 Å². The maximum absolute atomic E-state index is 12.0. The highest BCUT2D eigenvalue weighted by Crippen LogP contribution is 2.19. The van der Waals surface area contributed by atoms with Crippen LogP contribution in [0.1, 0.15) is 19.5 Å². The first kappa shape index (κ1) is 14.0. The van der Waals surface area contributed by atoms with E-state index in [-0.39, 0.29) is 17.4 Å². The second-order valence-electron chi connectivity index (χ2n) is 5.38. The second-order valence-corrected chi connectivity index (χ2v) is 5.38. The van der Waals surface area contributed by atoms with Gasteiger partial charge >= 0.3 is 0 Å². The van der Waals surface area contributed by atoms with Crippen LogP contribution in [0, 0.1) is 0 Å². The molecule has 1 atom stereocenters. The van der Waals surface area contributed by atoms with Crippen molar-refractivity contribution in [2.75, 3.05) is 26.2 Å². The van der Waals surface area contributed by atoms with Crippen LogP contribution in [-0.4, -0.2) is 43.2 Å². The molecular formula is C14H21N3O2. The topological polar surface area (TPSA) is 63.2 Å². The SMILES string of the molecule is CC(C)(CNC(=O)C1CNCCO1)c1ccccn1. The van der Waals surface area contributed by atoms with E-state index in [0.29, 0.717) is 19.7 Å². The van der Waals surface area contributed by atoms with Gasteiger partial charge in [0.2, 0.25) is 5.91 Å². The molecule has 0 bridgehead atoms. The van der Waals surface area contributed by atoms with E-state index in [1.54, 1.807) is 6.20 Å². The first-order chi connectivity index (χ1) is 9.09. The lowest BCUT2D eigenvalue weighted by Crippen LogP contribution is -2.50. The first-order valence-electron chi connectivity index (χ1n) is 6.61. The minimum Gasteiger partial charge on any atom is -0.366 e.